The van der Waals surface area contributed by atoms with Crippen LogP contribution >= 0.6 is 0 Å². The Kier molecular flexibility index (Phi) is 5.34. The Morgan fingerprint density at radius 2 is 1.97 bits per heavy atom. The number of primary sulfonamides is 1. The average Bonchev–Trinajstić information content (AvgIpc) is 3.54. The number of aryl methyl sites for hydroxylation is 1. The van der Waals surface area contributed by atoms with Crippen LogP contribution in [0.2, 0.25) is 0 Å². The van der Waals surface area contributed by atoms with Gasteiger partial charge in [-0.15, -0.1) is 0 Å². The highest BCUT2D eigenvalue weighted by molar-refractivity contribution is 7.89. The minimum absolute atomic E-state index is 0.150. The maximum atomic E-state index is 11.6. The molecular formula is C23H28N6O5S. The molecule has 6 rings (SSSR count). The number of imidazole rings is 1. The van der Waals surface area contributed by atoms with Gasteiger partial charge in [-0.25, -0.2) is 28.5 Å². The lowest BCUT2D eigenvalue weighted by molar-refractivity contribution is -0.196. The van der Waals surface area contributed by atoms with Crippen molar-refractivity contribution < 1.29 is 22.6 Å². The second-order valence-electron chi connectivity index (χ2n) is 9.77. The first-order valence-corrected chi connectivity index (χ1v) is 13.4. The largest absolute Gasteiger partial charge is 0.361 e. The number of hydrogen-bond donors (Lipinski definition) is 2. The van der Waals surface area contributed by atoms with Crippen LogP contribution in [0.1, 0.15) is 50.1 Å². The zero-order chi connectivity index (χ0) is 24.4. The standard InChI is InChI=1S/C23H28N6O5S/c1-23(2)33-18-16(9-10-35(24,30)31)32-22(19(18)34-23)29-12-27-17-20(25-11-26-21(17)29)28-15-8-7-13-5-3-4-6-14(13)15/h3-6,11-12,15-16,18-19,22H,7-10H2,1-2H3,(H2,24,30,31)(H,25,26,28)/t15?,16-,18-,19-,22-/m1/s1. The quantitative estimate of drug-likeness (QED) is 0.519. The van der Waals surface area contributed by atoms with E-state index in [1.54, 1.807) is 6.33 Å². The Bertz CT molecular complexity index is 1380. The highest BCUT2D eigenvalue weighted by Crippen LogP contribution is 2.45. The number of aromatic nitrogens is 4. The Morgan fingerprint density at radius 1 is 1.17 bits per heavy atom. The van der Waals surface area contributed by atoms with Gasteiger partial charge in [0.05, 0.1) is 24.2 Å². The van der Waals surface area contributed by atoms with Gasteiger partial charge >= 0.3 is 0 Å². The molecule has 186 valence electrons. The van der Waals surface area contributed by atoms with Gasteiger partial charge in [-0.1, -0.05) is 24.3 Å². The molecule has 3 aliphatic rings. The predicted molar refractivity (Wildman–Crippen MR) is 127 cm³/mol. The van der Waals surface area contributed by atoms with E-state index in [1.165, 1.54) is 17.5 Å². The smallest absolute Gasteiger partial charge is 0.209 e. The van der Waals surface area contributed by atoms with Crippen molar-refractivity contribution in [3.05, 3.63) is 48.0 Å². The fraction of sp³-hybridized carbons (Fsp3) is 0.522. The molecule has 0 spiro atoms. The topological polar surface area (TPSA) is 143 Å². The van der Waals surface area contributed by atoms with Gasteiger partial charge in [-0.2, -0.15) is 0 Å². The van der Waals surface area contributed by atoms with Crippen molar-refractivity contribution in [3.63, 3.8) is 0 Å². The minimum Gasteiger partial charge on any atom is -0.361 e. The summed E-state index contributed by atoms with van der Waals surface area (Å²) in [5.41, 5.74) is 3.84. The summed E-state index contributed by atoms with van der Waals surface area (Å²) in [5, 5.41) is 8.77. The summed E-state index contributed by atoms with van der Waals surface area (Å²) in [5.74, 6) is -0.383. The number of nitrogens with one attached hydrogen (secondary N) is 1. The molecule has 2 aliphatic heterocycles. The third-order valence-corrected chi connectivity index (χ3v) is 7.69. The fourth-order valence-electron chi connectivity index (χ4n) is 5.41. The molecule has 11 nitrogen and oxygen atoms in total. The van der Waals surface area contributed by atoms with Gasteiger partial charge in [0.25, 0.3) is 0 Å². The first-order chi connectivity index (χ1) is 16.7. The van der Waals surface area contributed by atoms with Gasteiger partial charge in [0.2, 0.25) is 10.0 Å². The monoisotopic (exact) mass is 500 g/mol. The Hall–Kier alpha value is -2.64. The summed E-state index contributed by atoms with van der Waals surface area (Å²) in [6, 6.07) is 8.56. The molecule has 0 bridgehead atoms. The summed E-state index contributed by atoms with van der Waals surface area (Å²) in [6.07, 6.45) is 3.37. The normalized spacial score (nSPS) is 29.4. The van der Waals surface area contributed by atoms with Crippen LogP contribution in [0.4, 0.5) is 5.82 Å². The van der Waals surface area contributed by atoms with Gasteiger partial charge in [0.15, 0.2) is 29.0 Å². The van der Waals surface area contributed by atoms with Crippen LogP contribution in [-0.4, -0.2) is 57.8 Å². The van der Waals surface area contributed by atoms with E-state index in [-0.39, 0.29) is 18.2 Å². The van der Waals surface area contributed by atoms with Crippen molar-refractivity contribution >= 4 is 27.0 Å². The Morgan fingerprint density at radius 3 is 2.80 bits per heavy atom. The summed E-state index contributed by atoms with van der Waals surface area (Å²) in [6.45, 7) is 3.66. The molecule has 35 heavy (non-hydrogen) atoms. The predicted octanol–water partition coefficient (Wildman–Crippen LogP) is 2.02. The molecular weight excluding hydrogens is 472 g/mol. The van der Waals surface area contributed by atoms with Gasteiger partial charge in [0.1, 0.15) is 18.5 Å². The van der Waals surface area contributed by atoms with Gasteiger partial charge in [0, 0.05) is 0 Å². The SMILES string of the molecule is CC1(C)O[C@@H]2[C@H](O1)[C@@H](CCS(N)(=O)=O)O[C@H]2n1cnc2c(NC3CCc4ccccc43)ncnc21. The van der Waals surface area contributed by atoms with E-state index in [1.807, 2.05) is 18.4 Å². The molecule has 5 atom stereocenters. The number of nitrogens with zero attached hydrogens (tertiary/aromatic N) is 4. The average molecular weight is 501 g/mol. The van der Waals surface area contributed by atoms with Crippen molar-refractivity contribution in [1.29, 1.82) is 0 Å². The second kappa shape index (κ2) is 8.20. The zero-order valence-corrected chi connectivity index (χ0v) is 20.3. The van der Waals surface area contributed by atoms with E-state index in [0.29, 0.717) is 17.0 Å². The maximum absolute atomic E-state index is 11.6. The second-order valence-corrected chi connectivity index (χ2v) is 11.5. The number of ether oxygens (including phenoxy) is 3. The number of nitrogens with two attached hydrogens (primary N) is 1. The molecule has 2 fully saturated rings. The maximum Gasteiger partial charge on any atom is 0.209 e. The third-order valence-electron chi connectivity index (χ3n) is 6.89. The van der Waals surface area contributed by atoms with Gasteiger partial charge < -0.3 is 19.5 Å². The molecule has 0 saturated carbocycles. The van der Waals surface area contributed by atoms with Crippen molar-refractivity contribution in [2.24, 2.45) is 5.14 Å². The minimum atomic E-state index is -3.64. The van der Waals surface area contributed by atoms with Crippen LogP contribution in [0, 0.1) is 0 Å². The highest BCUT2D eigenvalue weighted by atomic mass is 32.2. The molecule has 1 aliphatic carbocycles. The summed E-state index contributed by atoms with van der Waals surface area (Å²) in [7, 11) is -3.64. The van der Waals surface area contributed by atoms with Crippen molar-refractivity contribution in [3.8, 4) is 0 Å². The van der Waals surface area contributed by atoms with Crippen LogP contribution in [0.3, 0.4) is 0 Å². The molecule has 1 unspecified atom stereocenters. The summed E-state index contributed by atoms with van der Waals surface area (Å²) >= 11 is 0. The zero-order valence-electron chi connectivity index (χ0n) is 19.5. The molecule has 0 amide bonds. The Labute approximate surface area is 203 Å². The van der Waals surface area contributed by atoms with E-state index < -0.39 is 40.4 Å². The first kappa shape index (κ1) is 22.8. The van der Waals surface area contributed by atoms with Crippen LogP contribution in [0.5, 0.6) is 0 Å². The lowest BCUT2D eigenvalue weighted by Gasteiger charge is -2.24. The fourth-order valence-corrected chi connectivity index (χ4v) is 5.97. The summed E-state index contributed by atoms with van der Waals surface area (Å²) < 4.78 is 43.4. The molecule has 2 saturated heterocycles. The Balaban J connectivity index is 1.30. The number of hydrogen-bond acceptors (Lipinski definition) is 9. The van der Waals surface area contributed by atoms with Crippen LogP contribution in [0.15, 0.2) is 36.9 Å². The number of rotatable bonds is 6. The van der Waals surface area contributed by atoms with Crippen molar-refractivity contribution in [1.82, 2.24) is 19.5 Å². The number of sulfonamides is 1. The number of benzene rings is 1. The first-order valence-electron chi connectivity index (χ1n) is 11.7. The van der Waals surface area contributed by atoms with Crippen molar-refractivity contribution in [2.75, 3.05) is 11.1 Å². The molecule has 4 heterocycles. The van der Waals surface area contributed by atoms with E-state index in [9.17, 15) is 8.42 Å². The van der Waals surface area contributed by atoms with E-state index in [4.69, 9.17) is 19.3 Å². The number of fused-ring (bicyclic) bond motifs is 3. The molecule has 0 radical (unpaired) electrons. The molecule has 3 N–H and O–H groups in total. The summed E-state index contributed by atoms with van der Waals surface area (Å²) in [4.78, 5) is 13.6. The van der Waals surface area contributed by atoms with Crippen LogP contribution in [-0.2, 0) is 30.7 Å². The molecule has 1 aromatic carbocycles. The third kappa shape index (κ3) is 4.19. The van der Waals surface area contributed by atoms with E-state index in [2.05, 4.69) is 44.5 Å². The molecule has 2 aromatic heterocycles. The van der Waals surface area contributed by atoms with E-state index in [0.717, 1.165) is 12.8 Å². The van der Waals surface area contributed by atoms with Crippen molar-refractivity contribution in [2.45, 2.75) is 69.5 Å². The van der Waals surface area contributed by atoms with Crippen LogP contribution < -0.4 is 10.5 Å². The van der Waals surface area contributed by atoms with Gasteiger partial charge in [-0.05, 0) is 44.2 Å². The van der Waals surface area contributed by atoms with Crippen LogP contribution in [0.25, 0.3) is 11.2 Å². The number of anilines is 1. The molecule has 12 heteroatoms. The highest BCUT2D eigenvalue weighted by Gasteiger charge is 2.56. The molecule has 3 aromatic rings. The van der Waals surface area contributed by atoms with E-state index >= 15 is 0 Å². The lowest BCUT2D eigenvalue weighted by Crippen LogP contribution is -2.32. The lowest BCUT2D eigenvalue weighted by atomic mass is 10.1. The van der Waals surface area contributed by atoms with Gasteiger partial charge in [-0.3, -0.25) is 4.57 Å².